The van der Waals surface area contributed by atoms with Crippen LogP contribution in [0.1, 0.15) is 0 Å². The first-order valence-corrected chi connectivity index (χ1v) is 21.8. The predicted molar refractivity (Wildman–Crippen MR) is 264 cm³/mol. The molecule has 0 spiro atoms. The van der Waals surface area contributed by atoms with Gasteiger partial charge in [-0.25, -0.2) is 0 Å². The zero-order valence-corrected chi connectivity index (χ0v) is 34.2. The lowest BCUT2D eigenvalue weighted by atomic mass is 9.62. The van der Waals surface area contributed by atoms with E-state index in [1.54, 1.807) is 0 Å². The summed E-state index contributed by atoms with van der Waals surface area (Å²) in [5.41, 5.74) is 16.4. The fraction of sp³-hybridized carbons (Fsp3) is 0. The first-order chi connectivity index (χ1) is 30.8. The molecule has 0 unspecified atom stereocenters. The number of benzene rings is 9. The van der Waals surface area contributed by atoms with Gasteiger partial charge in [-0.3, -0.25) is 0 Å². The highest BCUT2D eigenvalue weighted by Crippen LogP contribution is 2.49. The van der Waals surface area contributed by atoms with E-state index in [-0.39, 0.29) is 0 Å². The van der Waals surface area contributed by atoms with Crippen molar-refractivity contribution >= 4 is 111 Å². The van der Waals surface area contributed by atoms with E-state index in [2.05, 4.69) is 228 Å². The molecule has 1 N–H and O–H groups in total. The summed E-state index contributed by atoms with van der Waals surface area (Å²) in [6.45, 7) is 0. The highest BCUT2D eigenvalue weighted by atomic mass is 32.1. The highest BCUT2D eigenvalue weighted by molar-refractivity contribution is 7.29. The molecule has 13 rings (SSSR count). The fourth-order valence-electron chi connectivity index (χ4n) is 9.74. The first kappa shape index (κ1) is 35.0. The Kier molecular flexibility index (Phi) is 7.84. The van der Waals surface area contributed by atoms with Crippen LogP contribution in [0.2, 0.25) is 0 Å². The number of para-hydroxylation sites is 5. The summed E-state index contributed by atoms with van der Waals surface area (Å²) in [6, 6.07) is 73.6. The Hall–Kier alpha value is -7.80. The van der Waals surface area contributed by atoms with Gasteiger partial charge in [-0.1, -0.05) is 133 Å². The van der Waals surface area contributed by atoms with Crippen molar-refractivity contribution in [3.05, 3.63) is 206 Å². The lowest BCUT2D eigenvalue weighted by Crippen LogP contribution is -2.35. The minimum absolute atomic E-state index is 0.875. The van der Waals surface area contributed by atoms with Crippen molar-refractivity contribution < 1.29 is 4.42 Å². The molecule has 0 aliphatic carbocycles. The molecule has 6 heteroatoms. The SMILES string of the molecule is [B]1c2sc3ccc(-c4ccccc4)cc3c2-n2c3ccccc3c3c4oc5ccccc5c4c(-c4ccc(N(c5ccccc5)c5ccccc5)cc4Nc4ccccc4)c1c32. The maximum Gasteiger partial charge on any atom is 0.211 e. The van der Waals surface area contributed by atoms with Crippen molar-refractivity contribution in [3.8, 4) is 27.9 Å². The van der Waals surface area contributed by atoms with Crippen LogP contribution in [0.5, 0.6) is 0 Å². The molecule has 1 aliphatic heterocycles. The van der Waals surface area contributed by atoms with Crippen LogP contribution in [-0.4, -0.2) is 11.8 Å². The standard InChI is InChI=1S/C56H35BN3OS/c1-5-17-35(18-6-1)36-29-32-48-44(33-36)53-56(62-48)57-52-49(50-43-26-14-16-28-47(43)61-55(50)51-42-25-13-15-27-46(42)60(53)54(51)52)41-31-30-40(34-45(41)58-37-19-7-2-8-20-37)59(38-21-9-3-10-22-38)39-23-11-4-12-24-39/h1-34,58H. The number of thiophene rings is 1. The first-order valence-electron chi connectivity index (χ1n) is 21.0. The van der Waals surface area contributed by atoms with E-state index in [0.29, 0.717) is 0 Å². The second-order valence-corrected chi connectivity index (χ2v) is 17.0. The second kappa shape index (κ2) is 13.9. The number of nitrogens with zero attached hydrogens (tertiary/aromatic N) is 2. The third-order valence-corrected chi connectivity index (χ3v) is 13.5. The van der Waals surface area contributed by atoms with E-state index >= 15 is 0 Å². The molecule has 289 valence electrons. The summed E-state index contributed by atoms with van der Waals surface area (Å²) >= 11 is 1.86. The van der Waals surface area contributed by atoms with Crippen LogP contribution in [0, 0.1) is 0 Å². The zero-order valence-electron chi connectivity index (χ0n) is 33.4. The molecule has 9 aromatic carbocycles. The molecule has 0 bridgehead atoms. The molecule has 1 aliphatic rings. The van der Waals surface area contributed by atoms with Gasteiger partial charge in [0.15, 0.2) is 0 Å². The van der Waals surface area contributed by atoms with Crippen molar-refractivity contribution in [2.75, 3.05) is 10.2 Å². The van der Waals surface area contributed by atoms with Crippen LogP contribution in [0.15, 0.2) is 211 Å². The molecular formula is C56H35BN3OS. The minimum atomic E-state index is 0.875. The second-order valence-electron chi connectivity index (χ2n) is 15.9. The van der Waals surface area contributed by atoms with Crippen LogP contribution in [0.4, 0.5) is 28.4 Å². The summed E-state index contributed by atoms with van der Waals surface area (Å²) in [5.74, 6) is 0. The van der Waals surface area contributed by atoms with Crippen molar-refractivity contribution in [2.24, 2.45) is 0 Å². The molecule has 1 radical (unpaired) electrons. The lowest BCUT2D eigenvalue weighted by molar-refractivity contribution is 0.673. The van der Waals surface area contributed by atoms with Gasteiger partial charge in [-0.05, 0) is 99.7 Å². The molecule has 0 saturated heterocycles. The highest BCUT2D eigenvalue weighted by Gasteiger charge is 2.33. The Labute approximate surface area is 362 Å². The van der Waals surface area contributed by atoms with E-state index in [0.717, 1.165) is 72.4 Å². The number of rotatable bonds is 7. The molecule has 0 fully saturated rings. The zero-order chi connectivity index (χ0) is 40.7. The van der Waals surface area contributed by atoms with E-state index in [4.69, 9.17) is 4.42 Å². The third-order valence-electron chi connectivity index (χ3n) is 12.4. The van der Waals surface area contributed by atoms with Crippen molar-refractivity contribution in [2.45, 2.75) is 0 Å². The van der Waals surface area contributed by atoms with E-state index in [1.165, 1.54) is 48.0 Å². The van der Waals surface area contributed by atoms with Gasteiger partial charge in [-0.15, -0.1) is 11.3 Å². The Bertz CT molecular complexity index is 3650. The summed E-state index contributed by atoms with van der Waals surface area (Å²) in [6.07, 6.45) is 0. The van der Waals surface area contributed by atoms with Gasteiger partial charge < -0.3 is 19.2 Å². The van der Waals surface area contributed by atoms with Gasteiger partial charge in [0.05, 0.1) is 22.1 Å². The number of hydrogen-bond acceptors (Lipinski definition) is 4. The van der Waals surface area contributed by atoms with Gasteiger partial charge in [0, 0.05) is 60.2 Å². The van der Waals surface area contributed by atoms with Crippen LogP contribution in [-0.2, 0) is 0 Å². The molecule has 4 heterocycles. The van der Waals surface area contributed by atoms with Crippen LogP contribution in [0.25, 0.3) is 81.8 Å². The smallest absolute Gasteiger partial charge is 0.211 e. The van der Waals surface area contributed by atoms with Crippen LogP contribution < -0.4 is 20.5 Å². The number of nitrogens with one attached hydrogen (secondary N) is 1. The monoisotopic (exact) mass is 808 g/mol. The van der Waals surface area contributed by atoms with Crippen molar-refractivity contribution in [1.82, 2.24) is 4.57 Å². The summed E-state index contributed by atoms with van der Waals surface area (Å²) in [5, 5.41) is 9.70. The number of anilines is 5. The van der Waals surface area contributed by atoms with Crippen molar-refractivity contribution in [3.63, 3.8) is 0 Å². The average Bonchev–Trinajstić information content (AvgIpc) is 4.01. The number of aromatic nitrogens is 1. The van der Waals surface area contributed by atoms with Gasteiger partial charge >= 0.3 is 0 Å². The lowest BCUT2D eigenvalue weighted by Gasteiger charge is -2.27. The summed E-state index contributed by atoms with van der Waals surface area (Å²) < 4.78 is 12.1. The van der Waals surface area contributed by atoms with Gasteiger partial charge in [0.25, 0.3) is 0 Å². The van der Waals surface area contributed by atoms with Crippen LogP contribution in [0.3, 0.4) is 0 Å². The number of fused-ring (bicyclic) bond motifs is 11. The van der Waals surface area contributed by atoms with Gasteiger partial charge in [0.1, 0.15) is 11.2 Å². The molecule has 12 aromatic rings. The maximum absolute atomic E-state index is 7.09. The largest absolute Gasteiger partial charge is 0.455 e. The molecule has 4 nitrogen and oxygen atoms in total. The molecule has 0 atom stereocenters. The number of hydrogen-bond donors (Lipinski definition) is 1. The van der Waals surface area contributed by atoms with Crippen LogP contribution >= 0.6 is 11.3 Å². The van der Waals surface area contributed by atoms with Gasteiger partial charge in [-0.2, -0.15) is 0 Å². The average molecular weight is 809 g/mol. The topological polar surface area (TPSA) is 33.3 Å². The van der Waals surface area contributed by atoms with E-state index < -0.39 is 0 Å². The fourth-order valence-corrected chi connectivity index (χ4v) is 10.9. The number of furan rings is 1. The van der Waals surface area contributed by atoms with Gasteiger partial charge in [0.2, 0.25) is 7.28 Å². The molecule has 62 heavy (non-hydrogen) atoms. The van der Waals surface area contributed by atoms with Crippen molar-refractivity contribution in [1.29, 1.82) is 0 Å². The molecule has 3 aromatic heterocycles. The Morgan fingerprint density at radius 2 is 1.19 bits per heavy atom. The quantitative estimate of drug-likeness (QED) is 0.163. The predicted octanol–water partition coefficient (Wildman–Crippen LogP) is 14.4. The normalized spacial score (nSPS) is 12.0. The maximum atomic E-state index is 7.09. The molecule has 0 saturated carbocycles. The molecular weight excluding hydrogens is 774 g/mol. The van der Waals surface area contributed by atoms with E-state index in [1.807, 2.05) is 11.3 Å². The Morgan fingerprint density at radius 3 is 1.95 bits per heavy atom. The Morgan fingerprint density at radius 1 is 0.532 bits per heavy atom. The molecule has 0 amide bonds. The Balaban J connectivity index is 1.14. The third kappa shape index (κ3) is 5.33. The summed E-state index contributed by atoms with van der Waals surface area (Å²) in [7, 11) is 2.46. The summed E-state index contributed by atoms with van der Waals surface area (Å²) in [4.78, 5) is 2.33. The van der Waals surface area contributed by atoms with E-state index in [9.17, 15) is 0 Å². The minimum Gasteiger partial charge on any atom is -0.455 e.